The molecule has 0 aliphatic rings. The minimum atomic E-state index is -2.25. The quantitative estimate of drug-likeness (QED) is 0.536. The Morgan fingerprint density at radius 3 is 2.00 bits per heavy atom. The van der Waals surface area contributed by atoms with Crippen LogP contribution in [-0.2, 0) is 6.42 Å². The highest BCUT2D eigenvalue weighted by Crippen LogP contribution is 2.29. The van der Waals surface area contributed by atoms with Crippen LogP contribution in [0.2, 0.25) is 0 Å². The smallest absolute Gasteiger partial charge is 0.200 e. The van der Waals surface area contributed by atoms with E-state index in [0.29, 0.717) is 5.01 Å². The van der Waals surface area contributed by atoms with Gasteiger partial charge in [-0.15, -0.1) is 11.3 Å². The molecule has 1 aromatic carbocycles. The molecule has 2 aromatic rings. The van der Waals surface area contributed by atoms with Crippen molar-refractivity contribution in [3.05, 3.63) is 51.2 Å². The zero-order chi connectivity index (χ0) is 14.2. The molecule has 102 valence electrons. The summed E-state index contributed by atoms with van der Waals surface area (Å²) >= 11 is 1.09. The standard InChI is InChI=1S/C11H6F5NOS/c12-7-6(4(18)3-5-17-1-2-19-5)8(13)10(15)11(16)9(7)14/h1-2,4,18H,3H2. The van der Waals surface area contributed by atoms with Crippen molar-refractivity contribution in [2.24, 2.45) is 0 Å². The van der Waals surface area contributed by atoms with Gasteiger partial charge >= 0.3 is 0 Å². The Bertz CT molecular complexity index is 573. The van der Waals surface area contributed by atoms with E-state index in [0.717, 1.165) is 11.3 Å². The summed E-state index contributed by atoms with van der Waals surface area (Å²) in [4.78, 5) is 3.76. The number of rotatable bonds is 3. The van der Waals surface area contributed by atoms with Crippen LogP contribution in [0.1, 0.15) is 16.7 Å². The molecule has 0 spiro atoms. The van der Waals surface area contributed by atoms with Gasteiger partial charge in [-0.3, -0.25) is 0 Å². The van der Waals surface area contributed by atoms with Crippen LogP contribution >= 0.6 is 11.3 Å². The Kier molecular flexibility index (Phi) is 3.81. The molecular weight excluding hydrogens is 289 g/mol. The van der Waals surface area contributed by atoms with Crippen molar-refractivity contribution in [3.8, 4) is 0 Å². The molecule has 0 radical (unpaired) electrons. The van der Waals surface area contributed by atoms with Crippen molar-refractivity contribution in [2.75, 3.05) is 0 Å². The van der Waals surface area contributed by atoms with E-state index < -0.39 is 40.8 Å². The Morgan fingerprint density at radius 2 is 1.53 bits per heavy atom. The first-order valence-electron chi connectivity index (χ1n) is 5.01. The maximum atomic E-state index is 13.4. The largest absolute Gasteiger partial charge is 0.388 e. The van der Waals surface area contributed by atoms with E-state index in [9.17, 15) is 27.1 Å². The van der Waals surface area contributed by atoms with Crippen LogP contribution in [0.5, 0.6) is 0 Å². The Labute approximate surface area is 108 Å². The summed E-state index contributed by atoms with van der Waals surface area (Å²) in [7, 11) is 0. The van der Waals surface area contributed by atoms with Gasteiger partial charge < -0.3 is 5.11 Å². The molecule has 19 heavy (non-hydrogen) atoms. The second-order valence-corrected chi connectivity index (χ2v) is 4.61. The fraction of sp³-hybridized carbons (Fsp3) is 0.182. The molecule has 0 fully saturated rings. The first-order chi connectivity index (χ1) is 8.93. The lowest BCUT2D eigenvalue weighted by Gasteiger charge is -2.13. The van der Waals surface area contributed by atoms with Crippen LogP contribution in [0.15, 0.2) is 11.6 Å². The highest BCUT2D eigenvalue weighted by molar-refractivity contribution is 7.09. The summed E-state index contributed by atoms with van der Waals surface area (Å²) in [6.45, 7) is 0. The summed E-state index contributed by atoms with van der Waals surface area (Å²) in [5.41, 5.74) is -1.24. The van der Waals surface area contributed by atoms with Gasteiger partial charge in [-0.25, -0.2) is 26.9 Å². The summed E-state index contributed by atoms with van der Waals surface area (Å²) < 4.78 is 65.5. The molecule has 0 amide bonds. The average molecular weight is 295 g/mol. The van der Waals surface area contributed by atoms with Crippen LogP contribution in [0.4, 0.5) is 22.0 Å². The number of aliphatic hydroxyl groups is 1. The van der Waals surface area contributed by atoms with Gasteiger partial charge in [0.15, 0.2) is 23.3 Å². The van der Waals surface area contributed by atoms with E-state index in [4.69, 9.17) is 0 Å². The van der Waals surface area contributed by atoms with Gasteiger partial charge in [-0.1, -0.05) is 0 Å². The highest BCUT2D eigenvalue weighted by atomic mass is 32.1. The molecule has 0 aliphatic carbocycles. The lowest BCUT2D eigenvalue weighted by atomic mass is 10.0. The Morgan fingerprint density at radius 1 is 1.00 bits per heavy atom. The first-order valence-corrected chi connectivity index (χ1v) is 5.89. The minimum Gasteiger partial charge on any atom is -0.388 e. The van der Waals surface area contributed by atoms with Crippen molar-refractivity contribution in [2.45, 2.75) is 12.5 Å². The van der Waals surface area contributed by atoms with Crippen molar-refractivity contribution in [1.29, 1.82) is 0 Å². The molecule has 1 N–H and O–H groups in total. The van der Waals surface area contributed by atoms with Gasteiger partial charge in [0.05, 0.1) is 16.7 Å². The average Bonchev–Trinajstić information content (AvgIpc) is 2.87. The Hall–Kier alpha value is -1.54. The summed E-state index contributed by atoms with van der Waals surface area (Å²) in [5, 5.41) is 11.5. The molecule has 2 rings (SSSR count). The molecule has 8 heteroatoms. The molecular formula is C11H6F5NOS. The third kappa shape index (κ3) is 2.45. The van der Waals surface area contributed by atoms with Gasteiger partial charge in [0.2, 0.25) is 5.82 Å². The van der Waals surface area contributed by atoms with Crippen LogP contribution < -0.4 is 0 Å². The molecule has 0 bridgehead atoms. The lowest BCUT2D eigenvalue weighted by Crippen LogP contribution is -2.13. The van der Waals surface area contributed by atoms with Crippen molar-refractivity contribution < 1.29 is 27.1 Å². The normalized spacial score (nSPS) is 12.7. The molecule has 1 heterocycles. The van der Waals surface area contributed by atoms with Crippen LogP contribution in [0.3, 0.4) is 0 Å². The third-order valence-electron chi connectivity index (χ3n) is 2.43. The van der Waals surface area contributed by atoms with E-state index in [1.54, 1.807) is 5.38 Å². The first kappa shape index (κ1) is 13.9. The number of nitrogens with zero attached hydrogens (tertiary/aromatic N) is 1. The molecule has 1 atom stereocenters. The lowest BCUT2D eigenvalue weighted by molar-refractivity contribution is 0.163. The van der Waals surface area contributed by atoms with Crippen molar-refractivity contribution in [3.63, 3.8) is 0 Å². The fourth-order valence-electron chi connectivity index (χ4n) is 1.54. The predicted octanol–water partition coefficient (Wildman–Crippen LogP) is 3.11. The second kappa shape index (κ2) is 5.22. The number of halogens is 5. The summed E-state index contributed by atoms with van der Waals surface area (Å²) in [5.74, 6) is -10.5. The van der Waals surface area contributed by atoms with E-state index in [1.807, 2.05) is 0 Å². The van der Waals surface area contributed by atoms with E-state index >= 15 is 0 Å². The topological polar surface area (TPSA) is 33.1 Å². The number of aromatic nitrogens is 1. The van der Waals surface area contributed by atoms with Crippen LogP contribution in [0.25, 0.3) is 0 Å². The molecule has 0 aliphatic heterocycles. The second-order valence-electron chi connectivity index (χ2n) is 3.63. The number of hydrogen-bond acceptors (Lipinski definition) is 3. The molecule has 1 unspecified atom stereocenters. The maximum absolute atomic E-state index is 13.4. The zero-order valence-electron chi connectivity index (χ0n) is 9.13. The monoisotopic (exact) mass is 295 g/mol. The van der Waals surface area contributed by atoms with Crippen molar-refractivity contribution >= 4 is 11.3 Å². The van der Waals surface area contributed by atoms with Gasteiger partial charge in [0.25, 0.3) is 0 Å². The van der Waals surface area contributed by atoms with Gasteiger partial charge in [-0.05, 0) is 0 Å². The molecule has 2 nitrogen and oxygen atoms in total. The number of benzene rings is 1. The van der Waals surface area contributed by atoms with E-state index in [1.165, 1.54) is 6.20 Å². The highest BCUT2D eigenvalue weighted by Gasteiger charge is 2.29. The third-order valence-corrected chi connectivity index (χ3v) is 3.23. The van der Waals surface area contributed by atoms with Gasteiger partial charge in [0, 0.05) is 18.0 Å². The summed E-state index contributed by atoms with van der Waals surface area (Å²) in [6.07, 6.45) is -0.808. The number of thiazole rings is 1. The fourth-order valence-corrected chi connectivity index (χ4v) is 2.19. The SMILES string of the molecule is OC(Cc1nccs1)c1c(F)c(F)c(F)c(F)c1F. The Balaban J connectivity index is 2.44. The number of aliphatic hydroxyl groups excluding tert-OH is 1. The predicted molar refractivity (Wildman–Crippen MR) is 57.0 cm³/mol. The zero-order valence-corrected chi connectivity index (χ0v) is 9.95. The van der Waals surface area contributed by atoms with Gasteiger partial charge in [0.1, 0.15) is 0 Å². The molecule has 1 aromatic heterocycles. The van der Waals surface area contributed by atoms with Crippen LogP contribution in [0, 0.1) is 29.1 Å². The van der Waals surface area contributed by atoms with E-state index in [2.05, 4.69) is 4.98 Å². The van der Waals surface area contributed by atoms with Crippen LogP contribution in [-0.4, -0.2) is 10.1 Å². The van der Waals surface area contributed by atoms with Gasteiger partial charge in [-0.2, -0.15) is 0 Å². The number of hydrogen-bond donors (Lipinski definition) is 1. The molecule has 0 saturated heterocycles. The maximum Gasteiger partial charge on any atom is 0.200 e. The summed E-state index contributed by atoms with van der Waals surface area (Å²) in [6, 6.07) is 0. The van der Waals surface area contributed by atoms with E-state index in [-0.39, 0.29) is 6.42 Å². The minimum absolute atomic E-state index is 0.316. The molecule has 0 saturated carbocycles. The van der Waals surface area contributed by atoms with Crippen molar-refractivity contribution in [1.82, 2.24) is 4.98 Å².